The van der Waals surface area contributed by atoms with Crippen LogP contribution in [0.5, 0.6) is 11.5 Å². The first-order valence-corrected chi connectivity index (χ1v) is 7.16. The van der Waals surface area contributed by atoms with Crippen molar-refractivity contribution in [2.24, 2.45) is 0 Å². The van der Waals surface area contributed by atoms with Crippen molar-refractivity contribution in [1.82, 2.24) is 0 Å². The molecule has 0 heterocycles. The molecule has 2 heteroatoms. The molecular formula is C18H22O2. The number of benzene rings is 2. The number of hydrogen-bond acceptors (Lipinski definition) is 2. The monoisotopic (exact) mass is 270 g/mol. The largest absolute Gasteiger partial charge is 0.457 e. The van der Waals surface area contributed by atoms with E-state index in [9.17, 15) is 5.11 Å². The second kappa shape index (κ2) is 6.58. The van der Waals surface area contributed by atoms with Crippen LogP contribution < -0.4 is 4.74 Å². The fraction of sp³-hybridized carbons (Fsp3) is 0.333. The maximum absolute atomic E-state index is 9.75. The average molecular weight is 270 g/mol. The molecule has 0 fully saturated rings. The molecule has 0 aliphatic heterocycles. The van der Waals surface area contributed by atoms with Gasteiger partial charge in [0.05, 0.1) is 6.10 Å². The summed E-state index contributed by atoms with van der Waals surface area (Å²) in [5, 5.41) is 9.75. The molecule has 0 radical (unpaired) electrons. The highest BCUT2D eigenvalue weighted by Crippen LogP contribution is 2.30. The number of aliphatic hydroxyl groups is 1. The molecule has 2 atom stereocenters. The lowest BCUT2D eigenvalue weighted by molar-refractivity contribution is 0.195. The summed E-state index contributed by atoms with van der Waals surface area (Å²) in [7, 11) is 0. The first-order valence-electron chi connectivity index (χ1n) is 7.16. The van der Waals surface area contributed by atoms with Crippen molar-refractivity contribution >= 4 is 0 Å². The SMILES string of the molecule is CCC(C)c1ccc(Oc2ccccc2[C@@H](C)O)cc1. The summed E-state index contributed by atoms with van der Waals surface area (Å²) in [5.74, 6) is 2.07. The molecule has 2 rings (SSSR count). The van der Waals surface area contributed by atoms with Crippen molar-refractivity contribution in [3.8, 4) is 11.5 Å². The zero-order chi connectivity index (χ0) is 14.5. The Hall–Kier alpha value is -1.80. The molecule has 0 aromatic heterocycles. The van der Waals surface area contributed by atoms with Crippen LogP contribution in [0.4, 0.5) is 0 Å². The van der Waals surface area contributed by atoms with Crippen LogP contribution in [-0.4, -0.2) is 5.11 Å². The standard InChI is InChI=1S/C18H22O2/c1-4-13(2)15-9-11-16(12-10-15)20-18-8-6-5-7-17(18)14(3)19/h5-14,19H,4H2,1-3H3/t13?,14-/m1/s1. The Balaban J connectivity index is 2.18. The normalized spacial score (nSPS) is 13.8. The molecule has 0 aliphatic rings. The Kier molecular flexibility index (Phi) is 4.80. The lowest BCUT2D eigenvalue weighted by Gasteiger charge is -2.14. The van der Waals surface area contributed by atoms with E-state index in [-0.39, 0.29) is 0 Å². The van der Waals surface area contributed by atoms with Gasteiger partial charge in [0.2, 0.25) is 0 Å². The van der Waals surface area contributed by atoms with Crippen LogP contribution >= 0.6 is 0 Å². The van der Waals surface area contributed by atoms with E-state index >= 15 is 0 Å². The van der Waals surface area contributed by atoms with Crippen LogP contribution in [0, 0.1) is 0 Å². The van der Waals surface area contributed by atoms with E-state index in [1.165, 1.54) is 5.56 Å². The number of aliphatic hydroxyl groups excluding tert-OH is 1. The zero-order valence-corrected chi connectivity index (χ0v) is 12.3. The van der Waals surface area contributed by atoms with E-state index in [2.05, 4.69) is 26.0 Å². The van der Waals surface area contributed by atoms with Gasteiger partial charge in [0.25, 0.3) is 0 Å². The van der Waals surface area contributed by atoms with Crippen molar-refractivity contribution in [1.29, 1.82) is 0 Å². The lowest BCUT2D eigenvalue weighted by Crippen LogP contribution is -1.96. The maximum Gasteiger partial charge on any atom is 0.133 e. The molecule has 0 amide bonds. The van der Waals surface area contributed by atoms with Crippen LogP contribution in [0.1, 0.15) is 50.3 Å². The van der Waals surface area contributed by atoms with Crippen LogP contribution in [0.3, 0.4) is 0 Å². The van der Waals surface area contributed by atoms with Gasteiger partial charge in [-0.25, -0.2) is 0 Å². The van der Waals surface area contributed by atoms with Crippen molar-refractivity contribution < 1.29 is 9.84 Å². The summed E-state index contributed by atoms with van der Waals surface area (Å²) in [5.41, 5.74) is 2.13. The summed E-state index contributed by atoms with van der Waals surface area (Å²) in [6, 6.07) is 15.8. The van der Waals surface area contributed by atoms with Crippen molar-refractivity contribution in [3.63, 3.8) is 0 Å². The van der Waals surface area contributed by atoms with Crippen LogP contribution in [-0.2, 0) is 0 Å². The highest BCUT2D eigenvalue weighted by atomic mass is 16.5. The molecule has 1 unspecified atom stereocenters. The van der Waals surface area contributed by atoms with Crippen molar-refractivity contribution in [2.75, 3.05) is 0 Å². The van der Waals surface area contributed by atoms with Crippen molar-refractivity contribution in [3.05, 3.63) is 59.7 Å². The molecule has 20 heavy (non-hydrogen) atoms. The van der Waals surface area contributed by atoms with E-state index in [0.29, 0.717) is 11.7 Å². The van der Waals surface area contributed by atoms with Gasteiger partial charge < -0.3 is 9.84 Å². The minimum atomic E-state index is -0.536. The van der Waals surface area contributed by atoms with Crippen molar-refractivity contribution in [2.45, 2.75) is 39.2 Å². The number of para-hydroxylation sites is 1. The highest BCUT2D eigenvalue weighted by Gasteiger charge is 2.09. The van der Waals surface area contributed by atoms with Gasteiger partial charge in [-0.15, -0.1) is 0 Å². The predicted molar refractivity (Wildman–Crippen MR) is 82.3 cm³/mol. The number of ether oxygens (including phenoxy) is 1. The Bertz CT molecular complexity index is 544. The second-order valence-corrected chi connectivity index (χ2v) is 5.19. The Morgan fingerprint density at radius 1 is 1.00 bits per heavy atom. The van der Waals surface area contributed by atoms with E-state index in [0.717, 1.165) is 17.7 Å². The van der Waals surface area contributed by atoms with E-state index in [1.54, 1.807) is 6.92 Å². The molecule has 1 N–H and O–H groups in total. The van der Waals surface area contributed by atoms with Gasteiger partial charge in [0.15, 0.2) is 0 Å². The summed E-state index contributed by atoms with van der Waals surface area (Å²) in [6.07, 6.45) is 0.594. The molecule has 106 valence electrons. The molecule has 0 saturated heterocycles. The summed E-state index contributed by atoms with van der Waals surface area (Å²) >= 11 is 0. The first-order chi connectivity index (χ1) is 9.61. The lowest BCUT2D eigenvalue weighted by atomic mass is 9.99. The van der Waals surface area contributed by atoms with Crippen LogP contribution in [0.15, 0.2) is 48.5 Å². The number of hydrogen-bond donors (Lipinski definition) is 1. The third-order valence-electron chi connectivity index (χ3n) is 3.66. The molecule has 0 spiro atoms. The van der Waals surface area contributed by atoms with Crippen LogP contribution in [0.25, 0.3) is 0 Å². The summed E-state index contributed by atoms with van der Waals surface area (Å²) < 4.78 is 5.88. The Morgan fingerprint density at radius 2 is 1.65 bits per heavy atom. The summed E-state index contributed by atoms with van der Waals surface area (Å²) in [4.78, 5) is 0. The molecule has 0 bridgehead atoms. The fourth-order valence-electron chi connectivity index (χ4n) is 2.15. The van der Waals surface area contributed by atoms with Gasteiger partial charge >= 0.3 is 0 Å². The van der Waals surface area contributed by atoms with Crippen LogP contribution in [0.2, 0.25) is 0 Å². The van der Waals surface area contributed by atoms with Gasteiger partial charge in [0, 0.05) is 5.56 Å². The fourth-order valence-corrected chi connectivity index (χ4v) is 2.15. The third kappa shape index (κ3) is 3.40. The minimum absolute atomic E-state index is 0.536. The Morgan fingerprint density at radius 3 is 2.25 bits per heavy atom. The summed E-state index contributed by atoms with van der Waals surface area (Å²) in [6.45, 7) is 6.15. The van der Waals surface area contributed by atoms with Gasteiger partial charge in [-0.2, -0.15) is 0 Å². The van der Waals surface area contributed by atoms with E-state index in [1.807, 2.05) is 36.4 Å². The van der Waals surface area contributed by atoms with Gasteiger partial charge in [-0.1, -0.05) is 44.2 Å². The smallest absolute Gasteiger partial charge is 0.133 e. The molecule has 2 aromatic carbocycles. The maximum atomic E-state index is 9.75. The molecule has 0 saturated carbocycles. The topological polar surface area (TPSA) is 29.5 Å². The van der Waals surface area contributed by atoms with Gasteiger partial charge in [-0.3, -0.25) is 0 Å². The molecule has 2 aromatic rings. The van der Waals surface area contributed by atoms with Gasteiger partial charge in [0.1, 0.15) is 11.5 Å². The zero-order valence-electron chi connectivity index (χ0n) is 12.3. The second-order valence-electron chi connectivity index (χ2n) is 5.19. The van der Waals surface area contributed by atoms with Gasteiger partial charge in [-0.05, 0) is 43.0 Å². The number of rotatable bonds is 5. The minimum Gasteiger partial charge on any atom is -0.457 e. The highest BCUT2D eigenvalue weighted by molar-refractivity contribution is 5.39. The predicted octanol–water partition coefficient (Wildman–Crippen LogP) is 5.05. The van der Waals surface area contributed by atoms with E-state index < -0.39 is 6.10 Å². The third-order valence-corrected chi connectivity index (χ3v) is 3.66. The quantitative estimate of drug-likeness (QED) is 0.824. The molecular weight excluding hydrogens is 248 g/mol. The average Bonchev–Trinajstić information content (AvgIpc) is 2.47. The molecule has 0 aliphatic carbocycles. The first kappa shape index (κ1) is 14.6. The molecule has 2 nitrogen and oxygen atoms in total. The Labute approximate surface area is 121 Å². The van der Waals surface area contributed by atoms with E-state index in [4.69, 9.17) is 4.74 Å².